The monoisotopic (exact) mass is 534 g/mol. The number of esters is 3. The van der Waals surface area contributed by atoms with Crippen molar-refractivity contribution < 1.29 is 48.7 Å². The van der Waals surface area contributed by atoms with Gasteiger partial charge in [-0.05, 0) is 11.8 Å². The predicted molar refractivity (Wildman–Crippen MR) is 128 cm³/mol. The second-order valence-corrected chi connectivity index (χ2v) is 11.1. The van der Waals surface area contributed by atoms with Crippen LogP contribution in [0.5, 0.6) is 0 Å². The number of carbonyl (C=O) groups excluding carboxylic acids is 3. The maximum Gasteiger partial charge on any atom is 0.348 e. The molecule has 1 aliphatic heterocycles. The van der Waals surface area contributed by atoms with Gasteiger partial charge in [0.25, 0.3) is 6.29 Å². The second kappa shape index (κ2) is 12.1. The highest BCUT2D eigenvalue weighted by Crippen LogP contribution is 2.52. The van der Waals surface area contributed by atoms with E-state index < -0.39 is 66.0 Å². The van der Waals surface area contributed by atoms with E-state index in [1.807, 2.05) is 27.7 Å². The molecule has 0 aromatic carbocycles. The molecule has 1 aliphatic carbocycles. The van der Waals surface area contributed by atoms with Gasteiger partial charge in [-0.15, -0.1) is 11.6 Å². The maximum absolute atomic E-state index is 12.8. The molecule has 10 nitrogen and oxygen atoms in total. The second-order valence-electron chi connectivity index (χ2n) is 10.8. The zero-order valence-corrected chi connectivity index (χ0v) is 22.5. The van der Waals surface area contributed by atoms with Crippen molar-refractivity contribution in [2.45, 2.75) is 90.5 Å². The van der Waals surface area contributed by atoms with E-state index in [-0.39, 0.29) is 42.6 Å². The summed E-state index contributed by atoms with van der Waals surface area (Å²) in [5, 5.41) is 33.3. The molecular formula is C25H39ClO10. The van der Waals surface area contributed by atoms with Crippen molar-refractivity contribution in [1.29, 1.82) is 0 Å². The summed E-state index contributed by atoms with van der Waals surface area (Å²) in [6.45, 7) is 10.3. The Bertz CT molecular complexity index is 841. The summed E-state index contributed by atoms with van der Waals surface area (Å²) < 4.78 is 21.6. The minimum absolute atomic E-state index is 0.00453. The molecule has 0 amide bonds. The number of aliphatic hydroxyl groups is 3. The van der Waals surface area contributed by atoms with E-state index in [1.54, 1.807) is 13.8 Å². The third kappa shape index (κ3) is 6.70. The van der Waals surface area contributed by atoms with Crippen LogP contribution in [0, 0.1) is 23.7 Å². The highest BCUT2D eigenvalue weighted by Gasteiger charge is 2.68. The molecule has 2 rings (SSSR count). The summed E-state index contributed by atoms with van der Waals surface area (Å²) in [4.78, 5) is 37.2. The molecule has 0 saturated heterocycles. The topological polar surface area (TPSA) is 149 Å². The van der Waals surface area contributed by atoms with E-state index in [1.165, 1.54) is 0 Å². The van der Waals surface area contributed by atoms with Crippen LogP contribution in [0.4, 0.5) is 0 Å². The normalized spacial score (nSPS) is 30.5. The lowest BCUT2D eigenvalue weighted by Gasteiger charge is -2.43. The fourth-order valence-electron chi connectivity index (χ4n) is 4.49. The zero-order chi connectivity index (χ0) is 27.4. The van der Waals surface area contributed by atoms with Gasteiger partial charge in [0.05, 0.1) is 24.2 Å². The Morgan fingerprint density at radius 3 is 2.19 bits per heavy atom. The molecule has 3 N–H and O–H groups in total. The van der Waals surface area contributed by atoms with Gasteiger partial charge >= 0.3 is 17.9 Å². The van der Waals surface area contributed by atoms with Gasteiger partial charge in [0, 0.05) is 30.8 Å². The molecule has 0 aromatic rings. The summed E-state index contributed by atoms with van der Waals surface area (Å²) in [7, 11) is 0. The minimum atomic E-state index is -2.05. The molecule has 1 heterocycles. The maximum atomic E-state index is 12.8. The number of hydrogen-bond donors (Lipinski definition) is 3. The lowest BCUT2D eigenvalue weighted by molar-refractivity contribution is -0.227. The van der Waals surface area contributed by atoms with Crippen LogP contribution in [0.1, 0.15) is 60.8 Å². The van der Waals surface area contributed by atoms with Crippen LogP contribution in [0.2, 0.25) is 0 Å². The first-order valence-electron chi connectivity index (χ1n) is 12.2. The average molecular weight is 535 g/mol. The van der Waals surface area contributed by atoms with Gasteiger partial charge in [-0.2, -0.15) is 0 Å². The number of halogens is 1. The van der Waals surface area contributed by atoms with Crippen LogP contribution in [-0.4, -0.2) is 75.4 Å². The van der Waals surface area contributed by atoms with E-state index in [2.05, 4.69) is 0 Å². The van der Waals surface area contributed by atoms with Gasteiger partial charge in [-0.3, -0.25) is 9.59 Å². The SMILES string of the molecule is CC(C)CC(=O)OC1OC=C(COC(=O)C(OC(=O)CC(C)C)C(C)C)C2(O)CC(O)C(O)(CCl)C12. The van der Waals surface area contributed by atoms with Crippen LogP contribution in [0.25, 0.3) is 0 Å². The fraction of sp³-hybridized carbons (Fsp3) is 0.800. The Kier molecular flexibility index (Phi) is 10.2. The molecule has 1 saturated carbocycles. The number of aliphatic hydroxyl groups excluding tert-OH is 1. The van der Waals surface area contributed by atoms with Crippen molar-refractivity contribution in [3.63, 3.8) is 0 Å². The molecule has 0 bridgehead atoms. The van der Waals surface area contributed by atoms with Crippen LogP contribution >= 0.6 is 11.6 Å². The highest BCUT2D eigenvalue weighted by molar-refractivity contribution is 6.18. The Labute approximate surface area is 216 Å². The van der Waals surface area contributed by atoms with Crippen molar-refractivity contribution >= 4 is 29.5 Å². The molecule has 36 heavy (non-hydrogen) atoms. The Morgan fingerprint density at radius 1 is 1.08 bits per heavy atom. The molecule has 6 atom stereocenters. The van der Waals surface area contributed by atoms with E-state index in [4.69, 9.17) is 30.5 Å². The molecule has 0 spiro atoms. The number of hydrogen-bond acceptors (Lipinski definition) is 10. The molecule has 1 fully saturated rings. The first-order chi connectivity index (χ1) is 16.6. The van der Waals surface area contributed by atoms with Gasteiger partial charge in [0.15, 0.2) is 0 Å². The molecule has 0 aromatic heterocycles. The lowest BCUT2D eigenvalue weighted by Crippen LogP contribution is -2.58. The van der Waals surface area contributed by atoms with E-state index in [0.29, 0.717) is 0 Å². The summed E-state index contributed by atoms with van der Waals surface area (Å²) in [5.41, 5.74) is -3.96. The van der Waals surface area contributed by atoms with Crippen molar-refractivity contribution in [2.24, 2.45) is 23.7 Å². The van der Waals surface area contributed by atoms with Crippen molar-refractivity contribution in [3.05, 3.63) is 11.8 Å². The van der Waals surface area contributed by atoms with E-state index >= 15 is 0 Å². The fourth-order valence-corrected chi connectivity index (χ4v) is 4.83. The smallest absolute Gasteiger partial charge is 0.348 e. The van der Waals surface area contributed by atoms with Crippen LogP contribution in [-0.2, 0) is 33.3 Å². The van der Waals surface area contributed by atoms with E-state index in [0.717, 1.165) is 6.26 Å². The van der Waals surface area contributed by atoms with Crippen LogP contribution in [0.15, 0.2) is 11.8 Å². The largest absolute Gasteiger partial charge is 0.462 e. The van der Waals surface area contributed by atoms with Crippen molar-refractivity contribution in [3.8, 4) is 0 Å². The first kappa shape index (κ1) is 30.3. The van der Waals surface area contributed by atoms with Crippen molar-refractivity contribution in [1.82, 2.24) is 0 Å². The molecule has 2 aliphatic rings. The standard InChI is InChI=1S/C25H39ClO10/c1-13(2)7-18(28)35-20(15(5)6)22(30)33-10-16-11-34-23(36-19(29)8-14(3)4)21-24(16,31)9-17(27)25(21,32)12-26/h11,13-15,17,20-21,23,27,31-32H,7-10,12H2,1-6H3. The van der Waals surface area contributed by atoms with Crippen LogP contribution < -0.4 is 0 Å². The quantitative estimate of drug-likeness (QED) is 0.204. The summed E-state index contributed by atoms with van der Waals surface area (Å²) in [5.74, 6) is -4.11. The Balaban J connectivity index is 2.23. The lowest BCUT2D eigenvalue weighted by atomic mass is 9.77. The third-order valence-electron chi connectivity index (χ3n) is 6.38. The minimum Gasteiger partial charge on any atom is -0.462 e. The summed E-state index contributed by atoms with van der Waals surface area (Å²) >= 11 is 5.98. The van der Waals surface area contributed by atoms with Crippen LogP contribution in [0.3, 0.4) is 0 Å². The Morgan fingerprint density at radius 2 is 1.67 bits per heavy atom. The van der Waals surface area contributed by atoms with Crippen molar-refractivity contribution in [2.75, 3.05) is 12.5 Å². The van der Waals surface area contributed by atoms with E-state index in [9.17, 15) is 29.7 Å². The summed E-state index contributed by atoms with van der Waals surface area (Å²) in [6, 6.07) is 0. The number of carbonyl (C=O) groups is 3. The molecule has 6 unspecified atom stereocenters. The average Bonchev–Trinajstić information content (AvgIpc) is 2.96. The zero-order valence-electron chi connectivity index (χ0n) is 21.7. The first-order valence-corrected chi connectivity index (χ1v) is 12.8. The van der Waals surface area contributed by atoms with Gasteiger partial charge < -0.3 is 34.3 Å². The van der Waals surface area contributed by atoms with Gasteiger partial charge in [0.2, 0.25) is 6.10 Å². The van der Waals surface area contributed by atoms with Gasteiger partial charge in [0.1, 0.15) is 17.8 Å². The van der Waals surface area contributed by atoms with Gasteiger partial charge in [-0.25, -0.2) is 4.79 Å². The number of alkyl halides is 1. The number of fused-ring (bicyclic) bond motifs is 1. The molecule has 0 radical (unpaired) electrons. The van der Waals surface area contributed by atoms with Gasteiger partial charge in [-0.1, -0.05) is 41.5 Å². The third-order valence-corrected chi connectivity index (χ3v) is 6.81. The highest BCUT2D eigenvalue weighted by atomic mass is 35.5. The predicted octanol–water partition coefficient (Wildman–Crippen LogP) is 2.05. The molecule has 11 heteroatoms. The molecular weight excluding hydrogens is 496 g/mol. The Hall–Kier alpha value is -1.88. The number of rotatable bonds is 11. The summed E-state index contributed by atoms with van der Waals surface area (Å²) in [6.07, 6.45) is -3.11. The number of ether oxygens (including phenoxy) is 4. The molecule has 206 valence electrons.